The average Bonchev–Trinajstić information content (AvgIpc) is 3.04. The fourth-order valence-corrected chi connectivity index (χ4v) is 3.42. The normalized spacial score (nSPS) is 17.8. The molecule has 0 amide bonds. The molecule has 2 heterocycles. The van der Waals surface area contributed by atoms with Gasteiger partial charge in [0, 0.05) is 29.4 Å². The summed E-state index contributed by atoms with van der Waals surface area (Å²) in [4.78, 5) is 7.66. The molecule has 1 saturated carbocycles. The van der Waals surface area contributed by atoms with Crippen molar-refractivity contribution in [3.05, 3.63) is 47.5 Å². The zero-order chi connectivity index (χ0) is 15.3. The lowest BCUT2D eigenvalue weighted by Gasteiger charge is -2.40. The summed E-state index contributed by atoms with van der Waals surface area (Å²) in [7, 11) is 0. The van der Waals surface area contributed by atoms with E-state index in [-0.39, 0.29) is 5.82 Å². The highest BCUT2D eigenvalue weighted by Crippen LogP contribution is 2.49. The first-order valence-corrected chi connectivity index (χ1v) is 7.58. The lowest BCUT2D eigenvalue weighted by atomic mass is 9.64. The van der Waals surface area contributed by atoms with E-state index < -0.39 is 0 Å². The standard InChI is InChI=1S/C17H18FN3O/c1-17(2)7-11(8-17)16-20-15(21-22-16)5-10-9-19-14-4-3-12(18)6-13(10)14/h3-4,6,9,11,19H,5,7-8H2,1-2H3. The fraction of sp³-hybridized carbons (Fsp3) is 0.412. The van der Waals surface area contributed by atoms with Crippen molar-refractivity contribution >= 4 is 10.9 Å². The molecule has 1 aromatic carbocycles. The Morgan fingerprint density at radius 2 is 2.18 bits per heavy atom. The molecular formula is C17H18FN3O. The molecule has 1 N–H and O–H groups in total. The maximum absolute atomic E-state index is 13.4. The van der Waals surface area contributed by atoms with E-state index in [0.29, 0.717) is 23.6 Å². The summed E-state index contributed by atoms with van der Waals surface area (Å²) in [5, 5.41) is 4.95. The van der Waals surface area contributed by atoms with Crippen LogP contribution in [0.5, 0.6) is 0 Å². The van der Waals surface area contributed by atoms with E-state index in [1.165, 1.54) is 12.1 Å². The van der Waals surface area contributed by atoms with Crippen molar-refractivity contribution in [2.75, 3.05) is 0 Å². The summed E-state index contributed by atoms with van der Waals surface area (Å²) in [6, 6.07) is 4.73. The topological polar surface area (TPSA) is 54.7 Å². The van der Waals surface area contributed by atoms with Gasteiger partial charge in [-0.1, -0.05) is 19.0 Å². The summed E-state index contributed by atoms with van der Waals surface area (Å²) in [6.07, 6.45) is 4.61. The number of fused-ring (bicyclic) bond motifs is 1. The fourth-order valence-electron chi connectivity index (χ4n) is 3.42. The zero-order valence-corrected chi connectivity index (χ0v) is 12.7. The molecule has 0 atom stereocenters. The van der Waals surface area contributed by atoms with Crippen LogP contribution in [0.25, 0.3) is 10.9 Å². The molecule has 0 unspecified atom stereocenters. The molecule has 22 heavy (non-hydrogen) atoms. The van der Waals surface area contributed by atoms with Crippen LogP contribution in [-0.2, 0) is 6.42 Å². The zero-order valence-electron chi connectivity index (χ0n) is 12.7. The predicted molar refractivity (Wildman–Crippen MR) is 81.1 cm³/mol. The summed E-state index contributed by atoms with van der Waals surface area (Å²) < 4.78 is 18.8. The van der Waals surface area contributed by atoms with Gasteiger partial charge in [-0.3, -0.25) is 0 Å². The molecule has 4 rings (SSSR count). The monoisotopic (exact) mass is 299 g/mol. The molecule has 0 spiro atoms. The van der Waals surface area contributed by atoms with E-state index >= 15 is 0 Å². The second kappa shape index (κ2) is 4.66. The molecule has 0 saturated heterocycles. The van der Waals surface area contributed by atoms with Crippen LogP contribution in [0.4, 0.5) is 4.39 Å². The minimum absolute atomic E-state index is 0.237. The Morgan fingerprint density at radius 3 is 2.95 bits per heavy atom. The Balaban J connectivity index is 1.56. The molecule has 1 aliphatic carbocycles. The van der Waals surface area contributed by atoms with Gasteiger partial charge in [0.1, 0.15) is 5.82 Å². The third-order valence-electron chi connectivity index (χ3n) is 4.51. The summed E-state index contributed by atoms with van der Waals surface area (Å²) in [6.45, 7) is 4.50. The first-order chi connectivity index (χ1) is 10.5. The lowest BCUT2D eigenvalue weighted by Crippen LogP contribution is -2.29. The van der Waals surface area contributed by atoms with Crippen LogP contribution in [0.1, 0.15) is 49.9 Å². The van der Waals surface area contributed by atoms with Crippen molar-refractivity contribution in [1.29, 1.82) is 0 Å². The van der Waals surface area contributed by atoms with Crippen LogP contribution in [0, 0.1) is 11.2 Å². The number of halogens is 1. The summed E-state index contributed by atoms with van der Waals surface area (Å²) in [5.74, 6) is 1.54. The quantitative estimate of drug-likeness (QED) is 0.789. The molecule has 1 fully saturated rings. The number of hydrogen-bond donors (Lipinski definition) is 1. The van der Waals surface area contributed by atoms with Crippen molar-refractivity contribution in [3.8, 4) is 0 Å². The largest absolute Gasteiger partial charge is 0.361 e. The molecule has 0 aliphatic heterocycles. The molecule has 3 aromatic rings. The van der Waals surface area contributed by atoms with Crippen LogP contribution in [0.15, 0.2) is 28.9 Å². The van der Waals surface area contributed by atoms with E-state index in [0.717, 1.165) is 35.2 Å². The van der Waals surface area contributed by atoms with Crippen molar-refractivity contribution in [3.63, 3.8) is 0 Å². The Bertz CT molecular complexity index is 825. The first-order valence-electron chi connectivity index (χ1n) is 7.58. The van der Waals surface area contributed by atoms with E-state index in [1.807, 2.05) is 6.20 Å². The van der Waals surface area contributed by atoms with E-state index in [2.05, 4.69) is 29.0 Å². The maximum atomic E-state index is 13.4. The molecule has 5 heteroatoms. The first kappa shape index (κ1) is 13.5. The minimum Gasteiger partial charge on any atom is -0.361 e. The van der Waals surface area contributed by atoms with Gasteiger partial charge in [0.15, 0.2) is 5.82 Å². The smallest absolute Gasteiger partial charge is 0.229 e. The highest BCUT2D eigenvalue weighted by Gasteiger charge is 2.40. The van der Waals surface area contributed by atoms with Crippen molar-refractivity contribution in [1.82, 2.24) is 15.1 Å². The van der Waals surface area contributed by atoms with Crippen LogP contribution >= 0.6 is 0 Å². The number of nitrogens with zero attached hydrogens (tertiary/aromatic N) is 2. The van der Waals surface area contributed by atoms with Gasteiger partial charge in [-0.05, 0) is 42.0 Å². The summed E-state index contributed by atoms with van der Waals surface area (Å²) in [5.41, 5.74) is 2.28. The van der Waals surface area contributed by atoms with Gasteiger partial charge in [-0.15, -0.1) is 0 Å². The molecule has 0 radical (unpaired) electrons. The van der Waals surface area contributed by atoms with E-state index in [4.69, 9.17) is 4.52 Å². The van der Waals surface area contributed by atoms with Crippen LogP contribution in [0.3, 0.4) is 0 Å². The predicted octanol–water partition coefficient (Wildman–Crippen LogP) is 4.18. The van der Waals surface area contributed by atoms with Gasteiger partial charge >= 0.3 is 0 Å². The third kappa shape index (κ3) is 2.30. The van der Waals surface area contributed by atoms with E-state index in [1.54, 1.807) is 6.07 Å². The highest BCUT2D eigenvalue weighted by molar-refractivity contribution is 5.83. The Hall–Kier alpha value is -2.17. The Morgan fingerprint density at radius 1 is 1.36 bits per heavy atom. The van der Waals surface area contributed by atoms with Gasteiger partial charge in [0.05, 0.1) is 0 Å². The number of aromatic amines is 1. The molecule has 114 valence electrons. The van der Waals surface area contributed by atoms with Gasteiger partial charge in [0.2, 0.25) is 5.89 Å². The number of H-pyrrole nitrogens is 1. The van der Waals surface area contributed by atoms with Gasteiger partial charge < -0.3 is 9.51 Å². The van der Waals surface area contributed by atoms with Crippen LogP contribution < -0.4 is 0 Å². The Kier molecular flexibility index (Phi) is 2.86. The van der Waals surface area contributed by atoms with Crippen LogP contribution in [0.2, 0.25) is 0 Å². The second-order valence-electron chi connectivity index (χ2n) is 7.00. The van der Waals surface area contributed by atoms with E-state index in [9.17, 15) is 4.39 Å². The van der Waals surface area contributed by atoms with Gasteiger partial charge in [-0.2, -0.15) is 4.98 Å². The van der Waals surface area contributed by atoms with Crippen molar-refractivity contribution in [2.24, 2.45) is 5.41 Å². The molecule has 2 aromatic heterocycles. The molecule has 4 nitrogen and oxygen atoms in total. The highest BCUT2D eigenvalue weighted by atomic mass is 19.1. The molecule has 1 aliphatic rings. The van der Waals surface area contributed by atoms with Crippen LogP contribution in [-0.4, -0.2) is 15.1 Å². The Labute approximate surface area is 127 Å². The number of rotatable bonds is 3. The average molecular weight is 299 g/mol. The van der Waals surface area contributed by atoms with Gasteiger partial charge in [-0.25, -0.2) is 4.39 Å². The number of hydrogen-bond acceptors (Lipinski definition) is 3. The molecular weight excluding hydrogens is 281 g/mol. The van der Waals surface area contributed by atoms with Crippen molar-refractivity contribution < 1.29 is 8.91 Å². The second-order valence-corrected chi connectivity index (χ2v) is 7.00. The molecule has 0 bridgehead atoms. The SMILES string of the molecule is CC1(C)CC(c2nc(Cc3c[nH]c4ccc(F)cc34)no2)C1. The van der Waals surface area contributed by atoms with Crippen molar-refractivity contribution in [2.45, 2.75) is 39.0 Å². The maximum Gasteiger partial charge on any atom is 0.229 e. The lowest BCUT2D eigenvalue weighted by molar-refractivity contribution is 0.124. The van der Waals surface area contributed by atoms with Gasteiger partial charge in [0.25, 0.3) is 0 Å². The minimum atomic E-state index is -0.237. The number of benzene rings is 1. The number of nitrogens with one attached hydrogen (secondary N) is 1. The number of aromatic nitrogens is 3. The third-order valence-corrected chi connectivity index (χ3v) is 4.51. The summed E-state index contributed by atoms with van der Waals surface area (Å²) >= 11 is 0.